The molecule has 3 aromatic rings. The van der Waals surface area contributed by atoms with Crippen LogP contribution < -0.4 is 0 Å². The predicted molar refractivity (Wildman–Crippen MR) is 110 cm³/mol. The second-order valence-electron chi connectivity index (χ2n) is 7.70. The second-order valence-corrected chi connectivity index (χ2v) is 7.70. The molecule has 1 amide bonds. The zero-order valence-electron chi connectivity index (χ0n) is 16.6. The minimum atomic E-state index is -0.00146. The number of fused-ring (bicyclic) bond motifs is 1. The Kier molecular flexibility index (Phi) is 5.44. The lowest BCUT2D eigenvalue weighted by Gasteiger charge is -2.37. The van der Waals surface area contributed by atoms with Gasteiger partial charge >= 0.3 is 0 Å². The first-order valence-corrected chi connectivity index (χ1v) is 10.0. The van der Waals surface area contributed by atoms with E-state index in [0.717, 1.165) is 61.1 Å². The first kappa shape index (κ1) is 18.7. The molecule has 0 bridgehead atoms. The number of aromatic nitrogens is 1. The van der Waals surface area contributed by atoms with Crippen molar-refractivity contribution in [3.8, 4) is 0 Å². The minimum absolute atomic E-state index is 0.00146. The average Bonchev–Trinajstić information content (AvgIpc) is 3.18. The molecular weight excluding hydrogens is 350 g/mol. The van der Waals surface area contributed by atoms with E-state index in [4.69, 9.17) is 4.42 Å². The van der Waals surface area contributed by atoms with E-state index in [0.29, 0.717) is 11.8 Å². The molecule has 5 heteroatoms. The van der Waals surface area contributed by atoms with E-state index in [1.807, 2.05) is 54.4 Å². The van der Waals surface area contributed by atoms with E-state index < -0.39 is 0 Å². The quantitative estimate of drug-likeness (QED) is 0.676. The molecule has 2 aromatic heterocycles. The maximum absolute atomic E-state index is 13.0. The zero-order valence-corrected chi connectivity index (χ0v) is 16.6. The van der Waals surface area contributed by atoms with Crippen molar-refractivity contribution in [2.75, 3.05) is 26.7 Å². The molecule has 1 aromatic carbocycles. The maximum Gasteiger partial charge on any atom is 0.289 e. The van der Waals surface area contributed by atoms with E-state index in [9.17, 15) is 4.79 Å². The van der Waals surface area contributed by atoms with Gasteiger partial charge in [0.25, 0.3) is 5.91 Å². The molecule has 3 heterocycles. The molecule has 0 saturated carbocycles. The fraction of sp³-hybridized carbons (Fsp3) is 0.391. The SMILES string of the molecule is Cc1cccc2cc(C(=O)N3CCCC(N(C)CCc4ccccn4)C3)oc12. The molecule has 1 aliphatic rings. The normalized spacial score (nSPS) is 17.4. The van der Waals surface area contributed by atoms with Gasteiger partial charge in [-0.15, -0.1) is 0 Å². The molecule has 4 rings (SSSR count). The molecule has 5 nitrogen and oxygen atoms in total. The number of amides is 1. The predicted octanol–water partition coefficient (Wildman–Crippen LogP) is 3.92. The maximum atomic E-state index is 13.0. The highest BCUT2D eigenvalue weighted by molar-refractivity contribution is 5.96. The number of pyridine rings is 1. The van der Waals surface area contributed by atoms with Crippen LogP contribution in [0.1, 0.15) is 34.7 Å². The Morgan fingerprint density at radius 3 is 2.96 bits per heavy atom. The number of rotatable bonds is 5. The van der Waals surface area contributed by atoms with Crippen molar-refractivity contribution in [3.63, 3.8) is 0 Å². The highest BCUT2D eigenvalue weighted by atomic mass is 16.3. The summed E-state index contributed by atoms with van der Waals surface area (Å²) in [6, 6.07) is 14.3. The molecule has 0 spiro atoms. The van der Waals surface area contributed by atoms with Crippen molar-refractivity contribution in [2.45, 2.75) is 32.2 Å². The number of hydrogen-bond acceptors (Lipinski definition) is 4. The summed E-state index contributed by atoms with van der Waals surface area (Å²) in [5, 5.41) is 0.990. The Balaban J connectivity index is 1.41. The number of para-hydroxylation sites is 1. The van der Waals surface area contributed by atoms with Crippen molar-refractivity contribution in [2.24, 2.45) is 0 Å². The number of carbonyl (C=O) groups excluding carboxylic acids is 1. The third-order valence-corrected chi connectivity index (χ3v) is 5.71. The van der Waals surface area contributed by atoms with Gasteiger partial charge in [0.2, 0.25) is 0 Å². The molecule has 0 aliphatic carbocycles. The number of hydrogen-bond donors (Lipinski definition) is 0. The number of aryl methyl sites for hydroxylation is 1. The molecular formula is C23H27N3O2. The van der Waals surface area contributed by atoms with Crippen LogP contribution in [0, 0.1) is 6.92 Å². The summed E-state index contributed by atoms with van der Waals surface area (Å²) in [7, 11) is 2.14. The minimum Gasteiger partial charge on any atom is -0.451 e. The van der Waals surface area contributed by atoms with Crippen molar-refractivity contribution >= 4 is 16.9 Å². The van der Waals surface area contributed by atoms with Gasteiger partial charge in [0.1, 0.15) is 5.58 Å². The summed E-state index contributed by atoms with van der Waals surface area (Å²) in [4.78, 5) is 21.7. The van der Waals surface area contributed by atoms with Crippen molar-refractivity contribution < 1.29 is 9.21 Å². The van der Waals surface area contributed by atoms with Crippen LogP contribution in [0.2, 0.25) is 0 Å². The lowest BCUT2D eigenvalue weighted by molar-refractivity contribution is 0.0583. The topological polar surface area (TPSA) is 49.6 Å². The van der Waals surface area contributed by atoms with Gasteiger partial charge < -0.3 is 14.2 Å². The van der Waals surface area contributed by atoms with E-state index in [1.165, 1.54) is 0 Å². The lowest BCUT2D eigenvalue weighted by atomic mass is 10.0. The first-order chi connectivity index (χ1) is 13.6. The van der Waals surface area contributed by atoms with E-state index >= 15 is 0 Å². The fourth-order valence-electron chi connectivity index (χ4n) is 3.99. The zero-order chi connectivity index (χ0) is 19.5. The summed E-state index contributed by atoms with van der Waals surface area (Å²) in [5.41, 5.74) is 2.98. The van der Waals surface area contributed by atoms with Crippen LogP contribution in [-0.4, -0.2) is 53.4 Å². The third-order valence-electron chi connectivity index (χ3n) is 5.71. The van der Waals surface area contributed by atoms with Crippen LogP contribution >= 0.6 is 0 Å². The number of nitrogens with zero attached hydrogens (tertiary/aromatic N) is 3. The summed E-state index contributed by atoms with van der Waals surface area (Å²) in [6.07, 6.45) is 4.89. The number of furan rings is 1. The van der Waals surface area contributed by atoms with Gasteiger partial charge in [-0.3, -0.25) is 9.78 Å². The van der Waals surface area contributed by atoms with Crippen molar-refractivity contribution in [1.29, 1.82) is 0 Å². The van der Waals surface area contributed by atoms with E-state index in [-0.39, 0.29) is 5.91 Å². The molecule has 1 atom stereocenters. The number of likely N-dealkylation sites (N-methyl/N-ethyl adjacent to an activating group) is 1. The summed E-state index contributed by atoms with van der Waals surface area (Å²) in [5.74, 6) is 0.444. The van der Waals surface area contributed by atoms with Crippen molar-refractivity contribution in [1.82, 2.24) is 14.8 Å². The molecule has 28 heavy (non-hydrogen) atoms. The molecule has 1 saturated heterocycles. The van der Waals surface area contributed by atoms with Crippen LogP contribution in [0.3, 0.4) is 0 Å². The standard InChI is InChI=1S/C23H27N3O2/c1-17-7-5-8-18-15-21(28-22(17)18)23(27)26-13-6-10-20(16-26)25(2)14-11-19-9-3-4-12-24-19/h3-5,7-9,12,15,20H,6,10-11,13-14,16H2,1-2H3. The van der Waals surface area contributed by atoms with Crippen LogP contribution in [0.4, 0.5) is 0 Å². The van der Waals surface area contributed by atoms with Crippen LogP contribution in [0.5, 0.6) is 0 Å². The molecule has 0 radical (unpaired) electrons. The summed E-state index contributed by atoms with van der Waals surface area (Å²) < 4.78 is 5.90. The Morgan fingerprint density at radius 1 is 1.29 bits per heavy atom. The molecule has 1 aliphatic heterocycles. The lowest BCUT2D eigenvalue weighted by Crippen LogP contribution is -2.49. The van der Waals surface area contributed by atoms with Gasteiger partial charge in [-0.2, -0.15) is 0 Å². The highest BCUT2D eigenvalue weighted by Gasteiger charge is 2.28. The van der Waals surface area contributed by atoms with Gasteiger partial charge in [-0.1, -0.05) is 24.3 Å². The number of likely N-dealkylation sites (tertiary alicyclic amines) is 1. The summed E-state index contributed by atoms with van der Waals surface area (Å²) in [6.45, 7) is 4.48. The number of benzene rings is 1. The van der Waals surface area contributed by atoms with Gasteiger partial charge in [-0.25, -0.2) is 0 Å². The largest absolute Gasteiger partial charge is 0.451 e. The second kappa shape index (κ2) is 8.15. The number of piperidine rings is 1. The fourth-order valence-corrected chi connectivity index (χ4v) is 3.99. The highest BCUT2D eigenvalue weighted by Crippen LogP contribution is 2.25. The van der Waals surface area contributed by atoms with E-state index in [1.54, 1.807) is 0 Å². The van der Waals surface area contributed by atoms with Crippen LogP contribution in [0.25, 0.3) is 11.0 Å². The van der Waals surface area contributed by atoms with Crippen molar-refractivity contribution in [3.05, 3.63) is 65.7 Å². The van der Waals surface area contributed by atoms with Gasteiger partial charge in [0.05, 0.1) is 0 Å². The summed E-state index contributed by atoms with van der Waals surface area (Å²) >= 11 is 0. The first-order valence-electron chi connectivity index (χ1n) is 10.0. The molecule has 146 valence electrons. The Labute approximate surface area is 166 Å². The van der Waals surface area contributed by atoms with Crippen LogP contribution in [0.15, 0.2) is 53.1 Å². The third kappa shape index (κ3) is 3.94. The van der Waals surface area contributed by atoms with Crippen LogP contribution in [-0.2, 0) is 6.42 Å². The molecule has 1 fully saturated rings. The van der Waals surface area contributed by atoms with Gasteiger partial charge in [0, 0.05) is 49.4 Å². The van der Waals surface area contributed by atoms with Gasteiger partial charge in [0.15, 0.2) is 5.76 Å². The Morgan fingerprint density at radius 2 is 2.18 bits per heavy atom. The van der Waals surface area contributed by atoms with Gasteiger partial charge in [-0.05, 0) is 50.6 Å². The molecule has 1 unspecified atom stereocenters. The van der Waals surface area contributed by atoms with E-state index in [2.05, 4.69) is 23.0 Å². The average molecular weight is 377 g/mol. The number of carbonyl (C=O) groups is 1. The Bertz CT molecular complexity index is 951. The monoisotopic (exact) mass is 377 g/mol. The Hall–Kier alpha value is -2.66. The molecule has 0 N–H and O–H groups in total. The smallest absolute Gasteiger partial charge is 0.289 e.